The van der Waals surface area contributed by atoms with Crippen LogP contribution in [0.4, 0.5) is 16.2 Å². The molecule has 234 valence electrons. The lowest BCUT2D eigenvalue weighted by atomic mass is 9.95. The summed E-state index contributed by atoms with van der Waals surface area (Å²) in [6.07, 6.45) is 2.32. The highest BCUT2D eigenvalue weighted by Crippen LogP contribution is 2.36. The van der Waals surface area contributed by atoms with E-state index < -0.39 is 11.7 Å². The lowest BCUT2D eigenvalue weighted by Crippen LogP contribution is -2.57. The summed E-state index contributed by atoms with van der Waals surface area (Å²) in [6.45, 7) is 10.1. The van der Waals surface area contributed by atoms with Crippen LogP contribution in [0.25, 0.3) is 0 Å². The molecule has 0 saturated carbocycles. The Hall–Kier alpha value is -4.35. The molecule has 0 radical (unpaired) electrons. The summed E-state index contributed by atoms with van der Waals surface area (Å²) in [7, 11) is 3.99. The van der Waals surface area contributed by atoms with Gasteiger partial charge in [-0.1, -0.05) is 36.9 Å². The molecule has 5 N–H and O–H groups in total. The van der Waals surface area contributed by atoms with Crippen molar-refractivity contribution in [1.29, 1.82) is 0 Å². The number of carbonyl (C=O) groups excluding carboxylic acids is 3. The van der Waals surface area contributed by atoms with Crippen molar-refractivity contribution in [3.05, 3.63) is 84.1 Å². The minimum atomic E-state index is -0.583. The molecule has 1 unspecified atom stereocenters. The van der Waals surface area contributed by atoms with Gasteiger partial charge < -0.3 is 36.1 Å². The van der Waals surface area contributed by atoms with E-state index in [4.69, 9.17) is 0 Å². The molecule has 44 heavy (non-hydrogen) atoms. The maximum absolute atomic E-state index is 13.7. The number of carbonyl (C=O) groups is 3. The molecule has 0 aromatic heterocycles. The summed E-state index contributed by atoms with van der Waals surface area (Å²) in [4.78, 5) is 44.7. The summed E-state index contributed by atoms with van der Waals surface area (Å²) in [6, 6.07) is 17.4. The Morgan fingerprint density at radius 1 is 1.07 bits per heavy atom. The van der Waals surface area contributed by atoms with Gasteiger partial charge in [-0.3, -0.25) is 9.59 Å². The monoisotopic (exact) mass is 600 g/mol. The summed E-state index contributed by atoms with van der Waals surface area (Å²) >= 11 is 0. The van der Waals surface area contributed by atoms with E-state index in [-0.39, 0.29) is 29.8 Å². The maximum atomic E-state index is 13.7. The van der Waals surface area contributed by atoms with E-state index in [2.05, 4.69) is 43.2 Å². The molecule has 2 atom stereocenters. The van der Waals surface area contributed by atoms with Crippen LogP contribution in [0.3, 0.4) is 0 Å². The number of nitrogens with zero attached hydrogens (tertiary/aromatic N) is 3. The number of anilines is 2. The Kier molecular flexibility index (Phi) is 9.26. The summed E-state index contributed by atoms with van der Waals surface area (Å²) < 4.78 is 0. The molecule has 2 aromatic carbocycles. The zero-order valence-electron chi connectivity index (χ0n) is 26.0. The normalized spacial score (nSPS) is 20.2. The van der Waals surface area contributed by atoms with Gasteiger partial charge in [0.05, 0.1) is 17.3 Å². The molecular formula is C33H44N8O3. The quantitative estimate of drug-likeness (QED) is 0.281. The second kappa shape index (κ2) is 13.1. The number of piperidine rings is 1. The topological polar surface area (TPSA) is 121 Å². The first kappa shape index (κ1) is 31.1. The fraction of sp³-hybridized carbons (Fsp3) is 0.424. The first-order valence-corrected chi connectivity index (χ1v) is 15.2. The van der Waals surface area contributed by atoms with Crippen molar-refractivity contribution in [1.82, 2.24) is 31.3 Å². The first-order chi connectivity index (χ1) is 21.1. The Balaban J connectivity index is 1.16. The zero-order valence-corrected chi connectivity index (χ0v) is 26.0. The number of hydrogen-bond acceptors (Lipinski definition) is 7. The molecule has 0 aliphatic carbocycles. The van der Waals surface area contributed by atoms with Gasteiger partial charge in [-0.2, -0.15) is 0 Å². The minimum absolute atomic E-state index is 0.0102. The fourth-order valence-corrected chi connectivity index (χ4v) is 6.24. The van der Waals surface area contributed by atoms with Crippen LogP contribution in [-0.4, -0.2) is 79.6 Å². The molecule has 1 fully saturated rings. The number of rotatable bonds is 9. The van der Waals surface area contributed by atoms with Crippen LogP contribution in [0, 0.1) is 5.92 Å². The lowest BCUT2D eigenvalue weighted by Gasteiger charge is -2.37. The molecule has 3 heterocycles. The molecule has 4 amide bonds. The average Bonchev–Trinajstić information content (AvgIpc) is 3.54. The second-order valence-corrected chi connectivity index (χ2v) is 12.4. The van der Waals surface area contributed by atoms with Gasteiger partial charge in [0.2, 0.25) is 11.8 Å². The first-order valence-electron chi connectivity index (χ1n) is 15.2. The Bertz CT molecular complexity index is 1400. The van der Waals surface area contributed by atoms with Crippen molar-refractivity contribution < 1.29 is 14.4 Å². The molecule has 11 heteroatoms. The van der Waals surface area contributed by atoms with Crippen molar-refractivity contribution >= 4 is 29.2 Å². The summed E-state index contributed by atoms with van der Waals surface area (Å²) in [5.41, 5.74) is 10.6. The highest BCUT2D eigenvalue weighted by molar-refractivity contribution is 5.98. The summed E-state index contributed by atoms with van der Waals surface area (Å²) in [5, 5.41) is 9.20. The lowest BCUT2D eigenvalue weighted by molar-refractivity contribution is -0.126. The van der Waals surface area contributed by atoms with Gasteiger partial charge in [-0.15, -0.1) is 0 Å². The third-order valence-electron chi connectivity index (χ3n) is 8.76. The highest BCUT2D eigenvalue weighted by atomic mass is 16.2. The van der Waals surface area contributed by atoms with Crippen LogP contribution < -0.4 is 31.7 Å². The smallest absolute Gasteiger partial charge is 0.318 e. The predicted octanol–water partition coefficient (Wildman–Crippen LogP) is 2.94. The van der Waals surface area contributed by atoms with E-state index in [9.17, 15) is 14.4 Å². The molecule has 11 nitrogen and oxygen atoms in total. The van der Waals surface area contributed by atoms with E-state index in [1.54, 1.807) is 0 Å². The van der Waals surface area contributed by atoms with Crippen molar-refractivity contribution in [2.45, 2.75) is 44.4 Å². The van der Waals surface area contributed by atoms with E-state index >= 15 is 0 Å². The fourth-order valence-electron chi connectivity index (χ4n) is 6.24. The van der Waals surface area contributed by atoms with Crippen molar-refractivity contribution in [3.63, 3.8) is 0 Å². The van der Waals surface area contributed by atoms with Gasteiger partial charge in [0.1, 0.15) is 6.17 Å². The number of urea groups is 1. The number of nitrogens with one attached hydrogen (secondary N) is 5. The predicted molar refractivity (Wildman–Crippen MR) is 172 cm³/mol. The van der Waals surface area contributed by atoms with E-state index in [1.165, 1.54) is 6.08 Å². The van der Waals surface area contributed by atoms with Gasteiger partial charge in [0.15, 0.2) is 0 Å². The summed E-state index contributed by atoms with van der Waals surface area (Å²) in [5.74, 6) is -0.334. The second-order valence-electron chi connectivity index (χ2n) is 12.4. The van der Waals surface area contributed by atoms with Gasteiger partial charge in [0.25, 0.3) is 0 Å². The zero-order chi connectivity index (χ0) is 31.4. The van der Waals surface area contributed by atoms with Gasteiger partial charge in [0, 0.05) is 49.0 Å². The SMILES string of the molecule is C=CC(=O)Nc1ccc(N2CCC(C(=O)NC3NNC4=C3CN(C(=O)N[C@H](CN(C)C)c3ccccc3)C4(C)C)CC2)cc1. The standard InChI is InChI=1S/C33H44N8O3/c1-6-28(42)34-24-12-14-25(15-13-24)40-18-16-23(17-19-40)31(43)36-30-26-20-41(33(2,3)29(26)37-38-30)32(44)35-27(21-39(4)5)22-10-8-7-9-11-22/h6-15,23,27,30,37-38H,1,16-21H2,2-5H3,(H,34,42)(H,35,44)(H,36,43)/t27-,30?/m1/s1. The molecular weight excluding hydrogens is 556 g/mol. The minimum Gasteiger partial charge on any atom is -0.371 e. The van der Waals surface area contributed by atoms with Crippen molar-refractivity contribution in [2.75, 3.05) is 50.5 Å². The molecule has 0 spiro atoms. The maximum Gasteiger partial charge on any atom is 0.318 e. The molecule has 3 aliphatic heterocycles. The Morgan fingerprint density at radius 3 is 2.39 bits per heavy atom. The van der Waals surface area contributed by atoms with Crippen LogP contribution in [0.2, 0.25) is 0 Å². The van der Waals surface area contributed by atoms with E-state index in [1.807, 2.05) is 87.4 Å². The van der Waals surface area contributed by atoms with Crippen LogP contribution in [0.5, 0.6) is 0 Å². The molecule has 0 bridgehead atoms. The molecule has 2 aromatic rings. The average molecular weight is 601 g/mol. The molecule has 5 rings (SSSR count). The van der Waals surface area contributed by atoms with Crippen LogP contribution in [0.1, 0.15) is 38.3 Å². The number of benzene rings is 2. The van der Waals surface area contributed by atoms with E-state index in [0.29, 0.717) is 13.1 Å². The van der Waals surface area contributed by atoms with E-state index in [0.717, 1.165) is 54.1 Å². The number of hydrogen-bond donors (Lipinski definition) is 5. The van der Waals surface area contributed by atoms with Crippen LogP contribution in [-0.2, 0) is 9.59 Å². The largest absolute Gasteiger partial charge is 0.371 e. The third kappa shape index (κ3) is 6.74. The number of hydrazine groups is 1. The van der Waals surface area contributed by atoms with Gasteiger partial charge in [-0.25, -0.2) is 10.2 Å². The van der Waals surface area contributed by atoms with Crippen LogP contribution in [0.15, 0.2) is 78.5 Å². The van der Waals surface area contributed by atoms with Crippen molar-refractivity contribution in [3.8, 4) is 0 Å². The molecule has 3 aliphatic rings. The van der Waals surface area contributed by atoms with Gasteiger partial charge >= 0.3 is 6.03 Å². The van der Waals surface area contributed by atoms with Crippen LogP contribution >= 0.6 is 0 Å². The number of likely N-dealkylation sites (N-methyl/N-ethyl adjacent to an activating group) is 1. The molecule has 1 saturated heterocycles. The third-order valence-corrected chi connectivity index (χ3v) is 8.76. The number of amides is 4. The Morgan fingerprint density at radius 2 is 1.75 bits per heavy atom. The Labute approximate surface area is 259 Å². The van der Waals surface area contributed by atoms with Gasteiger partial charge in [-0.05, 0) is 76.7 Å². The highest BCUT2D eigenvalue weighted by Gasteiger charge is 2.48. The van der Waals surface area contributed by atoms with Crippen molar-refractivity contribution in [2.24, 2.45) is 5.92 Å².